The van der Waals surface area contributed by atoms with Crippen LogP contribution in [0.25, 0.3) is 0 Å². The van der Waals surface area contributed by atoms with E-state index < -0.39 is 34.5 Å². The summed E-state index contributed by atoms with van der Waals surface area (Å²) in [4.78, 5) is 0. The largest absolute Gasteiger partial charge is 0.497 e. The molecule has 150 valence electrons. The van der Waals surface area contributed by atoms with Gasteiger partial charge < -0.3 is 18.6 Å². The minimum Gasteiger partial charge on any atom is -0.497 e. The molecule has 2 aliphatic rings. The van der Waals surface area contributed by atoms with Gasteiger partial charge in [-0.2, -0.15) is 15.8 Å². The number of hydrogen-bond acceptors (Lipinski definition) is 8. The molecule has 0 spiro atoms. The molecule has 2 saturated heterocycles. The van der Waals surface area contributed by atoms with Gasteiger partial charge in [0.1, 0.15) is 17.3 Å². The van der Waals surface area contributed by atoms with Gasteiger partial charge in [-0.05, 0) is 43.3 Å². The summed E-state index contributed by atoms with van der Waals surface area (Å²) in [6.45, 7) is 3.38. The molecule has 2 fully saturated rings. The number of nitrogens with one attached hydrogen (secondary N) is 1. The summed E-state index contributed by atoms with van der Waals surface area (Å²) in [5.41, 5.74) is -3.37. The van der Waals surface area contributed by atoms with Gasteiger partial charge in [0.15, 0.2) is 11.5 Å². The van der Waals surface area contributed by atoms with Crippen molar-refractivity contribution in [2.45, 2.75) is 25.7 Å². The van der Waals surface area contributed by atoms with Crippen LogP contribution in [0.2, 0.25) is 0 Å². The first-order valence-electron chi connectivity index (χ1n) is 9.25. The van der Waals surface area contributed by atoms with Crippen molar-refractivity contribution in [2.24, 2.45) is 16.7 Å². The Kier molecular flexibility index (Phi) is 4.13. The zero-order valence-electron chi connectivity index (χ0n) is 16.6. The Hall–Kier alpha value is -3.80. The molecule has 8 nitrogen and oxygen atoms in total. The third-order valence-corrected chi connectivity index (χ3v) is 6.18. The molecule has 1 aromatic carbocycles. The number of furan rings is 1. The molecule has 2 aromatic rings. The lowest BCUT2D eigenvalue weighted by Crippen LogP contribution is -2.57. The molecule has 1 aromatic heterocycles. The lowest BCUT2D eigenvalue weighted by atomic mass is 9.54. The van der Waals surface area contributed by atoms with E-state index in [0.29, 0.717) is 17.1 Å². The van der Waals surface area contributed by atoms with Crippen LogP contribution in [0.5, 0.6) is 5.75 Å². The highest BCUT2D eigenvalue weighted by Crippen LogP contribution is 2.69. The Labute approximate surface area is 173 Å². The molecule has 0 radical (unpaired) electrons. The van der Waals surface area contributed by atoms with E-state index >= 15 is 0 Å². The van der Waals surface area contributed by atoms with Crippen molar-refractivity contribution in [1.29, 1.82) is 21.2 Å². The molecule has 2 bridgehead atoms. The number of nitrogens with zero attached hydrogens (tertiary/aromatic N) is 3. The first-order valence-corrected chi connectivity index (χ1v) is 9.25. The minimum absolute atomic E-state index is 0.221. The maximum Gasteiger partial charge on any atom is 0.244 e. The fourth-order valence-electron chi connectivity index (χ4n) is 4.54. The van der Waals surface area contributed by atoms with Gasteiger partial charge in [-0.3, -0.25) is 5.41 Å². The number of benzene rings is 1. The predicted molar refractivity (Wildman–Crippen MR) is 102 cm³/mol. The fraction of sp³-hybridized carbons (Fsp3) is 0.364. The summed E-state index contributed by atoms with van der Waals surface area (Å²) in [5.74, 6) is -1.46. The van der Waals surface area contributed by atoms with E-state index in [1.54, 1.807) is 57.4 Å². The normalized spacial score (nSPS) is 31.1. The number of rotatable bonds is 3. The topological polar surface area (TPSA) is 136 Å². The Morgan fingerprint density at radius 1 is 1.03 bits per heavy atom. The first-order chi connectivity index (χ1) is 14.3. The van der Waals surface area contributed by atoms with Gasteiger partial charge in [-0.25, -0.2) is 0 Å². The molecule has 3 heterocycles. The average molecular weight is 402 g/mol. The van der Waals surface area contributed by atoms with Crippen LogP contribution in [0.4, 0.5) is 0 Å². The summed E-state index contributed by atoms with van der Waals surface area (Å²) in [5, 5.41) is 39.1. The van der Waals surface area contributed by atoms with Crippen LogP contribution in [0.3, 0.4) is 0 Å². The van der Waals surface area contributed by atoms with Gasteiger partial charge in [-0.15, -0.1) is 0 Å². The Morgan fingerprint density at radius 2 is 1.70 bits per heavy atom. The third-order valence-electron chi connectivity index (χ3n) is 6.18. The van der Waals surface area contributed by atoms with Gasteiger partial charge in [0.05, 0.1) is 31.2 Å². The summed E-state index contributed by atoms with van der Waals surface area (Å²) < 4.78 is 23.2. The molecule has 8 heteroatoms. The van der Waals surface area contributed by atoms with E-state index in [1.165, 1.54) is 0 Å². The smallest absolute Gasteiger partial charge is 0.244 e. The maximum absolute atomic E-state index is 10.2. The van der Waals surface area contributed by atoms with Crippen molar-refractivity contribution in [3.05, 3.63) is 53.5 Å². The van der Waals surface area contributed by atoms with E-state index in [-0.39, 0.29) is 5.76 Å². The van der Waals surface area contributed by atoms with E-state index in [0.717, 1.165) is 0 Å². The van der Waals surface area contributed by atoms with Gasteiger partial charge in [0.25, 0.3) is 0 Å². The van der Waals surface area contributed by atoms with Gasteiger partial charge in [0, 0.05) is 5.56 Å². The Morgan fingerprint density at radius 3 is 2.20 bits per heavy atom. The third kappa shape index (κ3) is 2.08. The minimum atomic E-state index is -2.05. The lowest BCUT2D eigenvalue weighted by Gasteiger charge is -2.47. The summed E-state index contributed by atoms with van der Waals surface area (Å²) >= 11 is 0. The maximum atomic E-state index is 10.2. The molecule has 4 rings (SSSR count). The number of aryl methyl sites for hydroxylation is 1. The quantitative estimate of drug-likeness (QED) is 0.826. The monoisotopic (exact) mass is 402 g/mol. The molecular formula is C22H18N4O4. The van der Waals surface area contributed by atoms with Crippen molar-refractivity contribution in [3.8, 4) is 24.0 Å². The van der Waals surface area contributed by atoms with Crippen LogP contribution < -0.4 is 4.74 Å². The summed E-state index contributed by atoms with van der Waals surface area (Å²) in [7, 11) is 1.54. The highest BCUT2D eigenvalue weighted by molar-refractivity contribution is 5.89. The van der Waals surface area contributed by atoms with Crippen LogP contribution in [0.15, 0.2) is 40.8 Å². The van der Waals surface area contributed by atoms with Crippen molar-refractivity contribution >= 4 is 5.90 Å². The van der Waals surface area contributed by atoms with Gasteiger partial charge in [0.2, 0.25) is 17.1 Å². The molecule has 30 heavy (non-hydrogen) atoms. The van der Waals surface area contributed by atoms with Crippen LogP contribution in [-0.4, -0.2) is 13.0 Å². The van der Waals surface area contributed by atoms with Crippen LogP contribution in [0, 0.1) is 63.1 Å². The van der Waals surface area contributed by atoms with E-state index in [9.17, 15) is 15.8 Å². The van der Waals surface area contributed by atoms with Crippen LogP contribution in [0.1, 0.15) is 30.1 Å². The fourth-order valence-corrected chi connectivity index (χ4v) is 4.54. The average Bonchev–Trinajstić information content (AvgIpc) is 3.26. The molecule has 4 atom stereocenters. The number of fused-ring (bicyclic) bond motifs is 2. The van der Waals surface area contributed by atoms with E-state index in [4.69, 9.17) is 24.0 Å². The number of ether oxygens (including phenoxy) is 3. The highest BCUT2D eigenvalue weighted by Gasteiger charge is 2.80. The Balaban J connectivity index is 2.00. The second-order valence-corrected chi connectivity index (χ2v) is 7.45. The molecule has 0 saturated carbocycles. The summed E-state index contributed by atoms with van der Waals surface area (Å²) in [6.07, 6.45) is -1.25. The van der Waals surface area contributed by atoms with Crippen molar-refractivity contribution in [2.75, 3.05) is 7.11 Å². The van der Waals surface area contributed by atoms with Crippen molar-refractivity contribution in [3.63, 3.8) is 0 Å². The second kappa shape index (κ2) is 6.35. The zero-order valence-corrected chi connectivity index (χ0v) is 16.6. The molecule has 0 aliphatic carbocycles. The lowest BCUT2D eigenvalue weighted by molar-refractivity contribution is -0.292. The molecule has 0 amide bonds. The molecule has 1 N–H and O–H groups in total. The molecular weight excluding hydrogens is 384 g/mol. The van der Waals surface area contributed by atoms with Crippen LogP contribution >= 0.6 is 0 Å². The Bertz CT molecular complexity index is 1140. The second-order valence-electron chi connectivity index (χ2n) is 7.45. The molecule has 4 unspecified atom stereocenters. The van der Waals surface area contributed by atoms with Gasteiger partial charge in [-0.1, -0.05) is 6.92 Å². The number of nitriles is 3. The van der Waals surface area contributed by atoms with Gasteiger partial charge >= 0.3 is 0 Å². The number of methoxy groups -OCH3 is 1. The SMILES string of the molecule is COc1ccc(C23OC(=N)C(C#N)(C2C)C(C#N)(C#N)C(c2ccc(C)o2)O3)cc1. The standard InChI is InChI=1S/C22H18N4O4/c1-13-4-9-17(28-13)18-20(10-23,11-24)21(12-25)14(2)22(29-18,30-19(21)26)15-5-7-16(27-3)8-6-15/h4-9,14,18,26H,1-3H3. The molecule has 2 aliphatic heterocycles. The van der Waals surface area contributed by atoms with Crippen LogP contribution in [-0.2, 0) is 15.3 Å². The van der Waals surface area contributed by atoms with Crippen molar-refractivity contribution in [1.82, 2.24) is 0 Å². The zero-order chi connectivity index (χ0) is 21.7. The highest BCUT2D eigenvalue weighted by atomic mass is 16.7. The first kappa shape index (κ1) is 19.5. The predicted octanol–water partition coefficient (Wildman–Crippen LogP) is 3.71. The number of hydrogen-bond donors (Lipinski definition) is 1. The summed E-state index contributed by atoms with van der Waals surface area (Å²) in [6, 6.07) is 16.2. The van der Waals surface area contributed by atoms with Crippen molar-refractivity contribution < 1.29 is 18.6 Å². The van der Waals surface area contributed by atoms with E-state index in [1.807, 2.05) is 12.1 Å². The van der Waals surface area contributed by atoms with E-state index in [2.05, 4.69) is 6.07 Å².